The zero-order valence-electron chi connectivity index (χ0n) is 21.8. The second kappa shape index (κ2) is 10.3. The van der Waals surface area contributed by atoms with Crippen LogP contribution in [-0.4, -0.2) is 57.5 Å². The van der Waals surface area contributed by atoms with Crippen LogP contribution in [0.15, 0.2) is 41.5 Å². The molecule has 0 unspecified atom stereocenters. The van der Waals surface area contributed by atoms with Gasteiger partial charge in [-0.15, -0.1) is 11.3 Å². The van der Waals surface area contributed by atoms with Gasteiger partial charge in [-0.2, -0.15) is 0 Å². The quantitative estimate of drug-likeness (QED) is 0.317. The van der Waals surface area contributed by atoms with Crippen molar-refractivity contribution in [1.82, 2.24) is 14.9 Å². The number of benzene rings is 1. The second-order valence-electron chi connectivity index (χ2n) is 10.1. The Balaban J connectivity index is 1.72. The van der Waals surface area contributed by atoms with E-state index in [1.54, 1.807) is 35.0 Å². The molecular formula is C27H33N7O2S. The smallest absolute Gasteiger partial charge is 0.252 e. The minimum Gasteiger partial charge on any atom is -0.382 e. The Labute approximate surface area is 220 Å². The summed E-state index contributed by atoms with van der Waals surface area (Å²) in [7, 11) is 0. The highest BCUT2D eigenvalue weighted by Gasteiger charge is 2.43. The van der Waals surface area contributed by atoms with Crippen LogP contribution in [-0.2, 0) is 16.0 Å². The van der Waals surface area contributed by atoms with Crippen LogP contribution in [0.2, 0.25) is 0 Å². The Morgan fingerprint density at radius 3 is 2.76 bits per heavy atom. The Morgan fingerprint density at radius 1 is 1.32 bits per heavy atom. The standard InChI is InChI=1S/C27H33N7O2S/c1-16(2)11-23-30-14-22(37-23)20-13-21(32-24(20)25(29)31-15-28)18-7-6-8-19(12-18)33-9-10-34(17(3)35)27(4,5)26(33)36/h6-8,12-16,32H,9-11H2,1-5H3,(H3,28,29,31). The third kappa shape index (κ3) is 5.20. The van der Waals surface area contributed by atoms with Crippen LogP contribution in [0.5, 0.6) is 0 Å². The first kappa shape index (κ1) is 26.3. The van der Waals surface area contributed by atoms with Gasteiger partial charge in [-0.1, -0.05) is 26.0 Å². The van der Waals surface area contributed by atoms with Crippen LogP contribution in [0.1, 0.15) is 45.3 Å². The van der Waals surface area contributed by atoms with Gasteiger partial charge in [0.2, 0.25) is 5.91 Å². The number of hydrogen-bond acceptors (Lipinski definition) is 5. The molecule has 1 aromatic carbocycles. The molecule has 0 aliphatic carbocycles. The van der Waals surface area contributed by atoms with Gasteiger partial charge in [-0.05, 0) is 38.0 Å². The zero-order valence-corrected chi connectivity index (χ0v) is 22.6. The largest absolute Gasteiger partial charge is 0.382 e. The summed E-state index contributed by atoms with van der Waals surface area (Å²) in [6.07, 6.45) is 3.66. The van der Waals surface area contributed by atoms with Crippen molar-refractivity contribution in [2.24, 2.45) is 16.6 Å². The summed E-state index contributed by atoms with van der Waals surface area (Å²) in [4.78, 5) is 41.7. The number of carbonyl (C=O) groups is 2. The Kier molecular flexibility index (Phi) is 7.31. The lowest BCUT2D eigenvalue weighted by molar-refractivity contribution is -0.145. The van der Waals surface area contributed by atoms with Crippen molar-refractivity contribution in [3.63, 3.8) is 0 Å². The SMILES string of the molecule is CC(=O)N1CCN(c2cccc(-c3cc(-c4cnc(CC(C)C)s4)c(/C(N)=N\C=N)[nH]3)c2)C(=O)C1(C)C. The molecule has 4 N–H and O–H groups in total. The topological polar surface area (TPSA) is 132 Å². The maximum absolute atomic E-state index is 13.4. The van der Waals surface area contributed by atoms with Crippen molar-refractivity contribution in [2.45, 2.75) is 46.6 Å². The third-order valence-corrected chi connectivity index (χ3v) is 7.57. The van der Waals surface area contributed by atoms with Gasteiger partial charge >= 0.3 is 0 Å². The van der Waals surface area contributed by atoms with Crippen molar-refractivity contribution < 1.29 is 9.59 Å². The maximum atomic E-state index is 13.4. The molecule has 3 aromatic rings. The predicted octanol–water partition coefficient (Wildman–Crippen LogP) is 4.29. The Morgan fingerprint density at radius 2 is 2.08 bits per heavy atom. The van der Waals surface area contributed by atoms with Gasteiger partial charge in [0, 0.05) is 55.1 Å². The first-order valence-corrected chi connectivity index (χ1v) is 13.1. The number of aromatic amines is 1. The van der Waals surface area contributed by atoms with Crippen LogP contribution in [0.4, 0.5) is 5.69 Å². The van der Waals surface area contributed by atoms with E-state index in [0.29, 0.717) is 24.7 Å². The summed E-state index contributed by atoms with van der Waals surface area (Å²) in [6, 6.07) is 9.73. The number of H-pyrrole nitrogens is 1. The first-order chi connectivity index (χ1) is 17.5. The molecule has 1 saturated heterocycles. The number of amidine groups is 1. The van der Waals surface area contributed by atoms with Gasteiger partial charge in [-0.25, -0.2) is 9.98 Å². The number of nitrogens with two attached hydrogens (primary N) is 1. The van der Waals surface area contributed by atoms with E-state index in [1.807, 2.05) is 36.5 Å². The number of aliphatic imine (C=N–C) groups is 1. The molecule has 3 heterocycles. The van der Waals surface area contributed by atoms with E-state index >= 15 is 0 Å². The fraction of sp³-hybridized carbons (Fsp3) is 0.370. The molecule has 0 saturated carbocycles. The Hall–Kier alpha value is -3.79. The molecule has 1 aliphatic heterocycles. The molecule has 2 amide bonds. The summed E-state index contributed by atoms with van der Waals surface area (Å²) < 4.78 is 0. The minimum absolute atomic E-state index is 0.109. The maximum Gasteiger partial charge on any atom is 0.252 e. The van der Waals surface area contributed by atoms with Crippen molar-refractivity contribution in [3.8, 4) is 21.7 Å². The average Bonchev–Trinajstić information content (AvgIpc) is 3.47. The highest BCUT2D eigenvalue weighted by molar-refractivity contribution is 7.15. The van der Waals surface area contributed by atoms with Crippen LogP contribution >= 0.6 is 11.3 Å². The van der Waals surface area contributed by atoms with E-state index in [-0.39, 0.29) is 17.6 Å². The van der Waals surface area contributed by atoms with E-state index in [2.05, 4.69) is 28.8 Å². The fourth-order valence-electron chi connectivity index (χ4n) is 4.68. The molecule has 10 heteroatoms. The predicted molar refractivity (Wildman–Crippen MR) is 149 cm³/mol. The highest BCUT2D eigenvalue weighted by Crippen LogP contribution is 2.35. The molecule has 4 rings (SSSR count). The van der Waals surface area contributed by atoms with Gasteiger partial charge in [0.05, 0.1) is 15.6 Å². The van der Waals surface area contributed by atoms with E-state index in [4.69, 9.17) is 11.1 Å². The summed E-state index contributed by atoms with van der Waals surface area (Å²) in [5.74, 6) is 0.478. The summed E-state index contributed by atoms with van der Waals surface area (Å²) in [5.41, 5.74) is 9.22. The van der Waals surface area contributed by atoms with Gasteiger partial charge in [0.15, 0.2) is 0 Å². The number of thiazole rings is 1. The highest BCUT2D eigenvalue weighted by atomic mass is 32.1. The normalized spacial score (nSPS) is 15.9. The molecular weight excluding hydrogens is 486 g/mol. The van der Waals surface area contributed by atoms with E-state index in [1.165, 1.54) is 6.92 Å². The lowest BCUT2D eigenvalue weighted by atomic mass is 9.96. The molecule has 9 nitrogen and oxygen atoms in total. The van der Waals surface area contributed by atoms with E-state index in [9.17, 15) is 9.59 Å². The number of aromatic nitrogens is 2. The average molecular weight is 520 g/mol. The van der Waals surface area contributed by atoms with Gasteiger partial charge in [-0.3, -0.25) is 15.0 Å². The molecule has 0 spiro atoms. The van der Waals surface area contributed by atoms with Crippen molar-refractivity contribution in [3.05, 3.63) is 47.2 Å². The van der Waals surface area contributed by atoms with Crippen LogP contribution in [0.3, 0.4) is 0 Å². The molecule has 0 radical (unpaired) electrons. The third-order valence-electron chi connectivity index (χ3n) is 6.52. The number of anilines is 1. The number of nitrogens with zero attached hydrogens (tertiary/aromatic N) is 4. The second-order valence-corrected chi connectivity index (χ2v) is 11.2. The van der Waals surface area contributed by atoms with Crippen molar-refractivity contribution in [2.75, 3.05) is 18.0 Å². The summed E-state index contributed by atoms with van der Waals surface area (Å²) in [5, 5.41) is 8.41. The lowest BCUT2D eigenvalue weighted by Crippen LogP contribution is -2.64. The first-order valence-electron chi connectivity index (χ1n) is 12.2. The van der Waals surface area contributed by atoms with Gasteiger partial charge in [0.1, 0.15) is 17.7 Å². The summed E-state index contributed by atoms with van der Waals surface area (Å²) >= 11 is 1.62. The molecule has 37 heavy (non-hydrogen) atoms. The summed E-state index contributed by atoms with van der Waals surface area (Å²) in [6.45, 7) is 10.3. The number of piperazine rings is 1. The molecule has 1 fully saturated rings. The monoisotopic (exact) mass is 519 g/mol. The van der Waals surface area contributed by atoms with Crippen molar-refractivity contribution >= 4 is 41.0 Å². The number of carbonyl (C=O) groups excluding carboxylic acids is 2. The molecule has 1 aliphatic rings. The number of amides is 2. The van der Waals surface area contributed by atoms with Gasteiger partial charge in [0.25, 0.3) is 5.91 Å². The number of nitrogens with one attached hydrogen (secondary N) is 2. The Bertz CT molecular complexity index is 1370. The minimum atomic E-state index is -0.926. The fourth-order valence-corrected chi connectivity index (χ4v) is 5.84. The van der Waals surface area contributed by atoms with Crippen molar-refractivity contribution in [1.29, 1.82) is 5.41 Å². The van der Waals surface area contributed by atoms with Crippen LogP contribution < -0.4 is 10.6 Å². The van der Waals surface area contributed by atoms with E-state index in [0.717, 1.165) is 45.2 Å². The molecule has 0 bridgehead atoms. The van der Waals surface area contributed by atoms with Crippen LogP contribution in [0.25, 0.3) is 21.7 Å². The van der Waals surface area contributed by atoms with Gasteiger partial charge < -0.3 is 20.5 Å². The lowest BCUT2D eigenvalue weighted by Gasteiger charge is -2.45. The molecule has 0 atom stereocenters. The number of hydrogen-bond donors (Lipinski definition) is 3. The van der Waals surface area contributed by atoms with E-state index < -0.39 is 5.54 Å². The number of rotatable bonds is 7. The molecule has 194 valence electrons. The zero-order chi connectivity index (χ0) is 26.9. The van der Waals surface area contributed by atoms with Crippen LogP contribution in [0, 0.1) is 11.3 Å². The molecule has 2 aromatic heterocycles.